The van der Waals surface area contributed by atoms with E-state index in [0.717, 1.165) is 0 Å². The molecule has 0 aromatic heterocycles. The van der Waals surface area contributed by atoms with E-state index in [1.54, 1.807) is 19.1 Å². The molecule has 0 unspecified atom stereocenters. The van der Waals surface area contributed by atoms with E-state index in [9.17, 15) is 4.79 Å². The predicted octanol–water partition coefficient (Wildman–Crippen LogP) is 4.83. The number of methoxy groups -OCH3 is 3. The number of ether oxygens (including phenoxy) is 3. The van der Waals surface area contributed by atoms with Crippen LogP contribution in [0.4, 0.5) is 0 Å². The number of halogens is 3. The lowest BCUT2D eigenvalue weighted by atomic mass is 10.1. The Hall–Kier alpha value is -2.15. The van der Waals surface area contributed by atoms with E-state index in [2.05, 4.69) is 10.5 Å². The highest BCUT2D eigenvalue weighted by molar-refractivity contribution is 6.49. The SMILES string of the molecule is COc1cc(C(=O)NN=C(C)c2ccc(Cl)c(Cl)c2Cl)cc(OC)c1OC. The van der Waals surface area contributed by atoms with Gasteiger partial charge in [-0.05, 0) is 25.1 Å². The molecule has 2 rings (SSSR count). The number of carbonyl (C=O) groups is 1. The molecule has 2 aromatic rings. The molecule has 0 spiro atoms. The van der Waals surface area contributed by atoms with Gasteiger partial charge in [0.25, 0.3) is 5.91 Å². The molecule has 0 saturated heterocycles. The first-order valence-corrected chi connectivity index (χ1v) is 8.75. The molecule has 1 N–H and O–H groups in total. The van der Waals surface area contributed by atoms with E-state index in [-0.39, 0.29) is 15.6 Å². The number of rotatable bonds is 6. The minimum atomic E-state index is -0.468. The molecule has 1 amide bonds. The molecule has 0 radical (unpaired) electrons. The molecule has 144 valence electrons. The monoisotopic (exact) mass is 430 g/mol. The average molecular weight is 432 g/mol. The van der Waals surface area contributed by atoms with Gasteiger partial charge >= 0.3 is 0 Å². The fourth-order valence-corrected chi connectivity index (χ4v) is 2.95. The number of hydrogen-bond donors (Lipinski definition) is 1. The molecule has 0 aliphatic rings. The number of carbonyl (C=O) groups excluding carboxylic acids is 1. The van der Waals surface area contributed by atoms with Crippen LogP contribution in [0.1, 0.15) is 22.8 Å². The second-order valence-corrected chi connectivity index (χ2v) is 6.44. The second-order valence-electron chi connectivity index (χ2n) is 5.28. The van der Waals surface area contributed by atoms with Crippen molar-refractivity contribution in [1.29, 1.82) is 0 Å². The van der Waals surface area contributed by atoms with Crippen LogP contribution in [0.25, 0.3) is 0 Å². The van der Waals surface area contributed by atoms with Crippen LogP contribution in [0.5, 0.6) is 17.2 Å². The molecule has 9 heteroatoms. The van der Waals surface area contributed by atoms with Crippen molar-refractivity contribution in [3.8, 4) is 17.2 Å². The predicted molar refractivity (Wildman–Crippen MR) is 107 cm³/mol. The fourth-order valence-electron chi connectivity index (χ4n) is 2.28. The molecule has 27 heavy (non-hydrogen) atoms. The summed E-state index contributed by atoms with van der Waals surface area (Å²) in [4.78, 5) is 12.5. The summed E-state index contributed by atoms with van der Waals surface area (Å²) in [6.45, 7) is 1.68. The van der Waals surface area contributed by atoms with Crippen LogP contribution in [0.2, 0.25) is 15.1 Å². The Kier molecular flexibility index (Phi) is 7.18. The fraction of sp³-hybridized carbons (Fsp3) is 0.222. The lowest BCUT2D eigenvalue weighted by molar-refractivity contribution is 0.0954. The molecule has 0 aliphatic carbocycles. The van der Waals surface area contributed by atoms with Crippen LogP contribution in [-0.2, 0) is 0 Å². The summed E-state index contributed by atoms with van der Waals surface area (Å²) in [5.41, 5.74) is 3.75. The molecule has 6 nitrogen and oxygen atoms in total. The Labute approximate surface area is 172 Å². The quantitative estimate of drug-likeness (QED) is 0.404. The zero-order valence-electron chi connectivity index (χ0n) is 15.0. The van der Waals surface area contributed by atoms with E-state index in [4.69, 9.17) is 49.0 Å². The smallest absolute Gasteiger partial charge is 0.271 e. The summed E-state index contributed by atoms with van der Waals surface area (Å²) >= 11 is 18.1. The summed E-state index contributed by atoms with van der Waals surface area (Å²) in [6.07, 6.45) is 0. The molecule has 0 aliphatic heterocycles. The first-order chi connectivity index (χ1) is 12.8. The van der Waals surface area contributed by atoms with Gasteiger partial charge in [-0.1, -0.05) is 40.9 Å². The van der Waals surface area contributed by atoms with Crippen LogP contribution in [0, 0.1) is 0 Å². The summed E-state index contributed by atoms with van der Waals surface area (Å²) in [5.74, 6) is 0.633. The van der Waals surface area contributed by atoms with Crippen molar-refractivity contribution < 1.29 is 19.0 Å². The van der Waals surface area contributed by atoms with E-state index in [0.29, 0.717) is 33.5 Å². The van der Waals surface area contributed by atoms with Crippen LogP contribution in [0.3, 0.4) is 0 Å². The van der Waals surface area contributed by atoms with Crippen LogP contribution >= 0.6 is 34.8 Å². The highest BCUT2D eigenvalue weighted by Gasteiger charge is 2.17. The molecule has 0 atom stereocenters. The zero-order valence-corrected chi connectivity index (χ0v) is 17.3. The standard InChI is InChI=1S/C18H17Cl3N2O4/c1-9(11-5-6-12(19)16(21)15(11)20)22-23-18(24)10-7-13(25-2)17(27-4)14(8-10)26-3/h5-8H,1-4H3,(H,23,24). The molecular weight excluding hydrogens is 415 g/mol. The number of benzene rings is 2. The first kappa shape index (κ1) is 21.2. The van der Waals surface area contributed by atoms with Crippen molar-refractivity contribution in [2.24, 2.45) is 5.10 Å². The van der Waals surface area contributed by atoms with Crippen molar-refractivity contribution in [1.82, 2.24) is 5.43 Å². The van der Waals surface area contributed by atoms with E-state index >= 15 is 0 Å². The van der Waals surface area contributed by atoms with Gasteiger partial charge in [0.15, 0.2) is 11.5 Å². The molecule has 0 fully saturated rings. The van der Waals surface area contributed by atoms with Crippen molar-refractivity contribution >= 4 is 46.4 Å². The summed E-state index contributed by atoms with van der Waals surface area (Å²) in [5, 5.41) is 4.89. The van der Waals surface area contributed by atoms with Gasteiger partial charge in [-0.25, -0.2) is 5.43 Å². The Balaban J connectivity index is 2.30. The van der Waals surface area contributed by atoms with Crippen molar-refractivity contribution in [3.63, 3.8) is 0 Å². The van der Waals surface area contributed by atoms with Gasteiger partial charge in [-0.3, -0.25) is 4.79 Å². The van der Waals surface area contributed by atoms with Gasteiger partial charge < -0.3 is 14.2 Å². The third-order valence-corrected chi connectivity index (χ3v) is 4.97. The molecular formula is C18H17Cl3N2O4. The van der Waals surface area contributed by atoms with Gasteiger partial charge in [0.05, 0.1) is 42.1 Å². The minimum Gasteiger partial charge on any atom is -0.493 e. The lowest BCUT2D eigenvalue weighted by Gasteiger charge is -2.13. The van der Waals surface area contributed by atoms with Crippen molar-refractivity contribution in [2.75, 3.05) is 21.3 Å². The lowest BCUT2D eigenvalue weighted by Crippen LogP contribution is -2.19. The van der Waals surface area contributed by atoms with E-state index < -0.39 is 5.91 Å². The van der Waals surface area contributed by atoms with E-state index in [1.807, 2.05) is 0 Å². The second kappa shape index (κ2) is 9.17. The maximum Gasteiger partial charge on any atom is 0.271 e. The number of hydrazone groups is 1. The Morgan fingerprint density at radius 2 is 1.56 bits per heavy atom. The average Bonchev–Trinajstić information content (AvgIpc) is 2.68. The summed E-state index contributed by atoms with van der Waals surface area (Å²) in [7, 11) is 4.41. The van der Waals surface area contributed by atoms with Crippen molar-refractivity contribution in [3.05, 3.63) is 50.5 Å². The largest absolute Gasteiger partial charge is 0.493 e. The zero-order chi connectivity index (χ0) is 20.1. The van der Waals surface area contributed by atoms with Gasteiger partial charge in [0, 0.05) is 11.1 Å². The van der Waals surface area contributed by atoms with Crippen LogP contribution in [0.15, 0.2) is 29.4 Å². The Bertz CT molecular complexity index is 875. The molecule has 0 bridgehead atoms. The van der Waals surface area contributed by atoms with Gasteiger partial charge in [0.1, 0.15) is 0 Å². The topological polar surface area (TPSA) is 69.2 Å². The Morgan fingerprint density at radius 1 is 0.963 bits per heavy atom. The molecule has 0 saturated carbocycles. The maximum atomic E-state index is 12.5. The number of nitrogens with zero attached hydrogens (tertiary/aromatic N) is 1. The maximum absolute atomic E-state index is 12.5. The minimum absolute atomic E-state index is 0.223. The van der Waals surface area contributed by atoms with Crippen LogP contribution < -0.4 is 19.6 Å². The third-order valence-electron chi connectivity index (χ3n) is 3.68. The summed E-state index contributed by atoms with van der Waals surface area (Å²) < 4.78 is 15.7. The van der Waals surface area contributed by atoms with Crippen LogP contribution in [-0.4, -0.2) is 32.9 Å². The number of amides is 1. The molecule has 2 aromatic carbocycles. The molecule has 0 heterocycles. The normalized spacial score (nSPS) is 11.1. The van der Waals surface area contributed by atoms with Gasteiger partial charge in [-0.15, -0.1) is 0 Å². The number of hydrogen-bond acceptors (Lipinski definition) is 5. The Morgan fingerprint density at radius 3 is 2.07 bits per heavy atom. The van der Waals surface area contributed by atoms with Gasteiger partial charge in [0.2, 0.25) is 5.75 Å². The highest BCUT2D eigenvalue weighted by Crippen LogP contribution is 2.38. The first-order valence-electron chi connectivity index (χ1n) is 7.62. The number of nitrogens with one attached hydrogen (secondary N) is 1. The van der Waals surface area contributed by atoms with Gasteiger partial charge in [-0.2, -0.15) is 5.10 Å². The van der Waals surface area contributed by atoms with Crippen molar-refractivity contribution in [2.45, 2.75) is 6.92 Å². The van der Waals surface area contributed by atoms with E-state index in [1.165, 1.54) is 33.5 Å². The third kappa shape index (κ3) is 4.58. The highest BCUT2D eigenvalue weighted by atomic mass is 35.5. The summed E-state index contributed by atoms with van der Waals surface area (Å²) in [6, 6.07) is 6.31.